The molecule has 0 aliphatic rings. The van der Waals surface area contributed by atoms with Gasteiger partial charge in [0.1, 0.15) is 5.75 Å². The third kappa shape index (κ3) is 2.20. The highest BCUT2D eigenvalue weighted by atomic mass is 35.5. The first-order valence-corrected chi connectivity index (χ1v) is 4.95. The summed E-state index contributed by atoms with van der Waals surface area (Å²) in [6.07, 6.45) is 0. The predicted molar refractivity (Wildman–Crippen MR) is 59.5 cm³/mol. The molecule has 0 spiro atoms. The lowest BCUT2D eigenvalue weighted by Crippen LogP contribution is -2.26. The molecule has 0 unspecified atom stereocenters. The van der Waals surface area contributed by atoms with Crippen LogP contribution < -0.4 is 5.73 Å². The van der Waals surface area contributed by atoms with Gasteiger partial charge in [0.25, 0.3) is 0 Å². The molecule has 14 heavy (non-hydrogen) atoms. The molecular formula is C11H16ClNO. The van der Waals surface area contributed by atoms with Crippen molar-refractivity contribution in [1.29, 1.82) is 0 Å². The van der Waals surface area contributed by atoms with Gasteiger partial charge < -0.3 is 10.8 Å². The van der Waals surface area contributed by atoms with Gasteiger partial charge in [-0.1, -0.05) is 38.4 Å². The Balaban J connectivity index is 3.19. The van der Waals surface area contributed by atoms with E-state index in [0.717, 1.165) is 0 Å². The number of nitrogens with two attached hydrogens (primary N) is 1. The molecule has 2 nitrogen and oxygen atoms in total. The van der Waals surface area contributed by atoms with Crippen molar-refractivity contribution >= 4 is 11.6 Å². The number of benzene rings is 1. The van der Waals surface area contributed by atoms with Gasteiger partial charge in [-0.3, -0.25) is 0 Å². The average molecular weight is 214 g/mol. The summed E-state index contributed by atoms with van der Waals surface area (Å²) >= 11 is 5.99. The molecule has 0 bridgehead atoms. The number of aromatic hydroxyl groups is 1. The van der Waals surface area contributed by atoms with Gasteiger partial charge in [-0.15, -0.1) is 0 Å². The topological polar surface area (TPSA) is 46.2 Å². The Morgan fingerprint density at radius 1 is 1.36 bits per heavy atom. The van der Waals surface area contributed by atoms with E-state index in [-0.39, 0.29) is 17.2 Å². The second-order valence-electron chi connectivity index (χ2n) is 4.52. The van der Waals surface area contributed by atoms with Gasteiger partial charge in [0.05, 0.1) is 0 Å². The minimum absolute atomic E-state index is 0.123. The van der Waals surface area contributed by atoms with Crippen molar-refractivity contribution in [3.8, 4) is 5.75 Å². The Hall–Kier alpha value is -0.730. The van der Waals surface area contributed by atoms with E-state index in [0.29, 0.717) is 10.6 Å². The number of phenols is 1. The standard InChI is InChI=1S/C11H16ClNO/c1-11(2,3)10(13)9-7(12)5-4-6-8(9)14/h4-6,10,14H,13H2,1-3H3/t10-/m0/s1. The van der Waals surface area contributed by atoms with Crippen LogP contribution in [0.25, 0.3) is 0 Å². The average Bonchev–Trinajstić information content (AvgIpc) is 2.01. The van der Waals surface area contributed by atoms with Crippen molar-refractivity contribution in [2.75, 3.05) is 0 Å². The van der Waals surface area contributed by atoms with Gasteiger partial charge in [-0.05, 0) is 17.5 Å². The monoisotopic (exact) mass is 213 g/mol. The van der Waals surface area contributed by atoms with Crippen LogP contribution in [-0.4, -0.2) is 5.11 Å². The van der Waals surface area contributed by atoms with Crippen LogP contribution in [-0.2, 0) is 0 Å². The van der Waals surface area contributed by atoms with Crippen LogP contribution in [0.1, 0.15) is 32.4 Å². The first-order valence-electron chi connectivity index (χ1n) is 4.57. The maximum atomic E-state index is 9.66. The molecular weight excluding hydrogens is 198 g/mol. The second-order valence-corrected chi connectivity index (χ2v) is 4.92. The van der Waals surface area contributed by atoms with Crippen LogP contribution in [0, 0.1) is 5.41 Å². The lowest BCUT2D eigenvalue weighted by Gasteiger charge is -2.28. The fourth-order valence-corrected chi connectivity index (χ4v) is 1.55. The number of halogens is 1. The summed E-state index contributed by atoms with van der Waals surface area (Å²) in [5, 5.41) is 10.2. The van der Waals surface area contributed by atoms with Crippen molar-refractivity contribution in [2.24, 2.45) is 11.1 Å². The van der Waals surface area contributed by atoms with Crippen LogP contribution in [0.2, 0.25) is 5.02 Å². The van der Waals surface area contributed by atoms with Crippen LogP contribution in [0.4, 0.5) is 0 Å². The van der Waals surface area contributed by atoms with E-state index in [9.17, 15) is 5.11 Å². The molecule has 3 heteroatoms. The zero-order valence-corrected chi connectivity index (χ0v) is 9.47. The lowest BCUT2D eigenvalue weighted by molar-refractivity contribution is 0.318. The van der Waals surface area contributed by atoms with Crippen molar-refractivity contribution in [3.63, 3.8) is 0 Å². The van der Waals surface area contributed by atoms with E-state index >= 15 is 0 Å². The lowest BCUT2D eigenvalue weighted by atomic mass is 9.83. The molecule has 0 heterocycles. The molecule has 0 aliphatic heterocycles. The largest absolute Gasteiger partial charge is 0.508 e. The molecule has 0 saturated carbocycles. The normalized spacial score (nSPS) is 14.1. The van der Waals surface area contributed by atoms with Crippen molar-refractivity contribution < 1.29 is 5.11 Å². The minimum Gasteiger partial charge on any atom is -0.508 e. The van der Waals surface area contributed by atoms with Gasteiger partial charge in [0.15, 0.2) is 0 Å². The van der Waals surface area contributed by atoms with Gasteiger partial charge in [-0.25, -0.2) is 0 Å². The summed E-state index contributed by atoms with van der Waals surface area (Å²) in [5.41, 5.74) is 6.53. The van der Waals surface area contributed by atoms with Crippen LogP contribution in [0.3, 0.4) is 0 Å². The van der Waals surface area contributed by atoms with Crippen LogP contribution >= 0.6 is 11.6 Å². The highest BCUT2D eigenvalue weighted by molar-refractivity contribution is 6.31. The summed E-state index contributed by atoms with van der Waals surface area (Å²) in [6, 6.07) is 4.78. The quantitative estimate of drug-likeness (QED) is 0.753. The zero-order chi connectivity index (χ0) is 10.9. The molecule has 1 rings (SSSR count). The molecule has 1 aromatic carbocycles. The van der Waals surface area contributed by atoms with Crippen molar-refractivity contribution in [3.05, 3.63) is 28.8 Å². The summed E-state index contributed by atoms with van der Waals surface area (Å²) in [6.45, 7) is 6.04. The Kier molecular flexibility index (Phi) is 3.07. The Morgan fingerprint density at radius 2 is 1.93 bits per heavy atom. The maximum Gasteiger partial charge on any atom is 0.121 e. The summed E-state index contributed by atoms with van der Waals surface area (Å²) in [5.74, 6) is 0.167. The van der Waals surface area contributed by atoms with E-state index in [2.05, 4.69) is 0 Å². The highest BCUT2D eigenvalue weighted by Crippen LogP contribution is 2.38. The SMILES string of the molecule is CC(C)(C)[C@@H](N)c1c(O)cccc1Cl. The smallest absolute Gasteiger partial charge is 0.121 e. The fourth-order valence-electron chi connectivity index (χ4n) is 1.27. The Labute approximate surface area is 89.7 Å². The third-order valence-electron chi connectivity index (χ3n) is 2.27. The van der Waals surface area contributed by atoms with Crippen LogP contribution in [0.5, 0.6) is 5.75 Å². The second kappa shape index (κ2) is 3.79. The molecule has 0 fully saturated rings. The molecule has 1 aromatic rings. The molecule has 0 saturated heterocycles. The van der Waals surface area contributed by atoms with E-state index in [1.54, 1.807) is 18.2 Å². The molecule has 0 aromatic heterocycles. The summed E-state index contributed by atoms with van der Waals surface area (Å²) in [4.78, 5) is 0. The fraction of sp³-hybridized carbons (Fsp3) is 0.455. The predicted octanol–water partition coefficient (Wildman–Crippen LogP) is 3.09. The van der Waals surface area contributed by atoms with Crippen molar-refractivity contribution in [2.45, 2.75) is 26.8 Å². The molecule has 78 valence electrons. The number of hydrogen-bond donors (Lipinski definition) is 2. The van der Waals surface area contributed by atoms with E-state index in [4.69, 9.17) is 17.3 Å². The van der Waals surface area contributed by atoms with Gasteiger partial charge >= 0.3 is 0 Å². The first kappa shape index (κ1) is 11.3. The number of hydrogen-bond acceptors (Lipinski definition) is 2. The summed E-state index contributed by atoms with van der Waals surface area (Å²) in [7, 11) is 0. The van der Waals surface area contributed by atoms with E-state index in [1.807, 2.05) is 20.8 Å². The van der Waals surface area contributed by atoms with Crippen LogP contribution in [0.15, 0.2) is 18.2 Å². The van der Waals surface area contributed by atoms with Gasteiger partial charge in [0, 0.05) is 16.6 Å². The van der Waals surface area contributed by atoms with Gasteiger partial charge in [0.2, 0.25) is 0 Å². The Morgan fingerprint density at radius 3 is 2.36 bits per heavy atom. The third-order valence-corrected chi connectivity index (χ3v) is 2.60. The molecule has 3 N–H and O–H groups in total. The zero-order valence-electron chi connectivity index (χ0n) is 8.71. The summed E-state index contributed by atoms with van der Waals surface area (Å²) < 4.78 is 0. The first-order chi connectivity index (χ1) is 6.34. The van der Waals surface area contributed by atoms with E-state index < -0.39 is 0 Å². The van der Waals surface area contributed by atoms with E-state index in [1.165, 1.54) is 0 Å². The highest BCUT2D eigenvalue weighted by Gasteiger charge is 2.26. The molecule has 0 radical (unpaired) electrons. The molecule has 0 aliphatic carbocycles. The number of rotatable bonds is 1. The number of phenolic OH excluding ortho intramolecular Hbond substituents is 1. The Bertz CT molecular complexity index is 310. The minimum atomic E-state index is -0.267. The molecule has 1 atom stereocenters. The van der Waals surface area contributed by atoms with Gasteiger partial charge in [-0.2, -0.15) is 0 Å². The maximum absolute atomic E-state index is 9.66. The molecule has 0 amide bonds. The van der Waals surface area contributed by atoms with Crippen molar-refractivity contribution in [1.82, 2.24) is 0 Å².